The lowest BCUT2D eigenvalue weighted by atomic mass is 9.98. The van der Waals surface area contributed by atoms with E-state index in [1.807, 2.05) is 18.2 Å². The molecule has 0 amide bonds. The summed E-state index contributed by atoms with van der Waals surface area (Å²) in [4.78, 5) is 8.35. The lowest BCUT2D eigenvalue weighted by Gasteiger charge is -2.12. The lowest BCUT2D eigenvalue weighted by Crippen LogP contribution is -2.23. The van der Waals surface area contributed by atoms with Crippen LogP contribution in [0.5, 0.6) is 0 Å². The molecule has 0 bridgehead atoms. The van der Waals surface area contributed by atoms with Crippen molar-refractivity contribution in [3.63, 3.8) is 0 Å². The highest BCUT2D eigenvalue weighted by Crippen LogP contribution is 2.25. The van der Waals surface area contributed by atoms with E-state index in [2.05, 4.69) is 46.3 Å². The van der Waals surface area contributed by atoms with Crippen LogP contribution in [-0.4, -0.2) is 21.1 Å². The number of nitrogens with one attached hydrogen (secondary N) is 1. The Bertz CT molecular complexity index is 590. The number of rotatable bonds is 3. The van der Waals surface area contributed by atoms with Crippen molar-refractivity contribution in [2.75, 3.05) is 5.32 Å². The maximum absolute atomic E-state index is 5.80. The number of hydrogen-bond acceptors (Lipinski definition) is 5. The molecule has 2 aromatic heterocycles. The van der Waals surface area contributed by atoms with Gasteiger partial charge < -0.3 is 11.1 Å². The van der Waals surface area contributed by atoms with Gasteiger partial charge in [0.1, 0.15) is 15.8 Å². The van der Waals surface area contributed by atoms with Crippen molar-refractivity contribution in [2.24, 2.45) is 10.7 Å². The Morgan fingerprint density at radius 3 is 2.67 bits per heavy atom. The van der Waals surface area contributed by atoms with Gasteiger partial charge in [0.05, 0.1) is 6.54 Å². The van der Waals surface area contributed by atoms with Crippen LogP contribution in [0.3, 0.4) is 0 Å². The van der Waals surface area contributed by atoms with Crippen LogP contribution in [0.2, 0.25) is 0 Å². The second kappa shape index (κ2) is 7.64. The summed E-state index contributed by atoms with van der Waals surface area (Å²) >= 11 is 1.56. The van der Waals surface area contributed by atoms with Crippen molar-refractivity contribution in [1.29, 1.82) is 0 Å². The fraction of sp³-hybridized carbons (Fsp3) is 0.385. The van der Waals surface area contributed by atoms with Gasteiger partial charge in [-0.3, -0.25) is 0 Å². The Balaban J connectivity index is 0.00000220. The zero-order chi connectivity index (χ0) is 14.6. The van der Waals surface area contributed by atoms with Crippen LogP contribution < -0.4 is 11.1 Å². The summed E-state index contributed by atoms with van der Waals surface area (Å²) in [5.41, 5.74) is 5.81. The predicted octanol–water partition coefficient (Wildman–Crippen LogP) is 2.78. The number of guanidine groups is 1. The third kappa shape index (κ3) is 5.54. The molecular formula is C13H19IN6S. The Hall–Kier alpha value is -1.29. The highest BCUT2D eigenvalue weighted by atomic mass is 127. The van der Waals surface area contributed by atoms with Gasteiger partial charge in [-0.1, -0.05) is 38.2 Å². The van der Waals surface area contributed by atoms with E-state index in [4.69, 9.17) is 5.73 Å². The lowest BCUT2D eigenvalue weighted by molar-refractivity contribution is 0.577. The Morgan fingerprint density at radius 1 is 1.33 bits per heavy atom. The molecule has 2 rings (SSSR count). The number of nitrogens with zero attached hydrogens (tertiary/aromatic N) is 4. The summed E-state index contributed by atoms with van der Waals surface area (Å²) in [6.45, 7) is 6.74. The van der Waals surface area contributed by atoms with Crippen molar-refractivity contribution in [1.82, 2.24) is 15.2 Å². The zero-order valence-electron chi connectivity index (χ0n) is 12.2. The highest BCUT2D eigenvalue weighted by Gasteiger charge is 2.19. The maximum atomic E-state index is 5.80. The van der Waals surface area contributed by atoms with Crippen LogP contribution in [-0.2, 0) is 12.0 Å². The van der Waals surface area contributed by atoms with Crippen LogP contribution >= 0.6 is 35.3 Å². The second-order valence-electron chi connectivity index (χ2n) is 5.29. The molecule has 114 valence electrons. The van der Waals surface area contributed by atoms with E-state index in [1.165, 1.54) is 0 Å². The summed E-state index contributed by atoms with van der Waals surface area (Å²) in [6.07, 6.45) is 1.69. The van der Waals surface area contributed by atoms with Gasteiger partial charge in [0.25, 0.3) is 0 Å². The number of anilines is 1. The molecule has 21 heavy (non-hydrogen) atoms. The molecule has 2 heterocycles. The fourth-order valence-corrected chi connectivity index (χ4v) is 2.20. The molecule has 0 unspecified atom stereocenters. The first-order chi connectivity index (χ1) is 9.45. The van der Waals surface area contributed by atoms with Crippen molar-refractivity contribution in [3.8, 4) is 0 Å². The van der Waals surface area contributed by atoms with Gasteiger partial charge in [-0.25, -0.2) is 9.98 Å². The standard InChI is InChI=1S/C13H18N6S.HI/c1-13(2,3)11-19-18-10(20-11)8-16-12(14)17-9-6-4-5-7-15-9;/h4-7H,8H2,1-3H3,(H3,14,15,16,17);1H. The average molecular weight is 418 g/mol. The number of nitrogens with two attached hydrogens (primary N) is 1. The van der Waals surface area contributed by atoms with Crippen LogP contribution in [0.15, 0.2) is 29.4 Å². The molecule has 3 N–H and O–H groups in total. The molecule has 8 heteroatoms. The summed E-state index contributed by atoms with van der Waals surface area (Å²) in [7, 11) is 0. The van der Waals surface area contributed by atoms with E-state index in [-0.39, 0.29) is 29.4 Å². The SMILES string of the molecule is CC(C)(C)c1nnc(CN=C(N)Nc2ccccn2)s1.I. The normalized spacial score (nSPS) is 11.9. The van der Waals surface area contributed by atoms with Crippen molar-refractivity contribution < 1.29 is 0 Å². The van der Waals surface area contributed by atoms with Crippen molar-refractivity contribution in [2.45, 2.75) is 32.7 Å². The molecule has 0 aliphatic carbocycles. The average Bonchev–Trinajstić information content (AvgIpc) is 2.86. The van der Waals surface area contributed by atoms with Gasteiger partial charge in [-0.05, 0) is 12.1 Å². The van der Waals surface area contributed by atoms with E-state index in [0.717, 1.165) is 10.0 Å². The number of pyridine rings is 1. The molecule has 0 saturated carbocycles. The van der Waals surface area contributed by atoms with Gasteiger partial charge in [-0.15, -0.1) is 34.2 Å². The van der Waals surface area contributed by atoms with Crippen LogP contribution in [0.1, 0.15) is 30.8 Å². The first-order valence-corrected chi connectivity index (χ1v) is 7.07. The molecule has 0 radical (unpaired) electrons. The maximum Gasteiger partial charge on any atom is 0.194 e. The smallest absolute Gasteiger partial charge is 0.194 e. The monoisotopic (exact) mass is 418 g/mol. The predicted molar refractivity (Wildman–Crippen MR) is 97.2 cm³/mol. The first kappa shape index (κ1) is 17.8. The molecule has 0 spiro atoms. The topological polar surface area (TPSA) is 89.1 Å². The minimum Gasteiger partial charge on any atom is -0.370 e. The minimum absolute atomic E-state index is 0. The Kier molecular flexibility index (Phi) is 6.46. The molecule has 2 aromatic rings. The van der Waals surface area contributed by atoms with Crippen LogP contribution in [0, 0.1) is 0 Å². The van der Waals surface area contributed by atoms with Crippen LogP contribution in [0.4, 0.5) is 5.82 Å². The number of hydrogen-bond donors (Lipinski definition) is 2. The molecule has 0 aliphatic rings. The quantitative estimate of drug-likeness (QED) is 0.455. The minimum atomic E-state index is 0. The third-order valence-electron chi connectivity index (χ3n) is 2.41. The van der Waals surface area contributed by atoms with E-state index >= 15 is 0 Å². The highest BCUT2D eigenvalue weighted by molar-refractivity contribution is 14.0. The zero-order valence-corrected chi connectivity index (χ0v) is 15.3. The van der Waals surface area contributed by atoms with Gasteiger partial charge in [0.15, 0.2) is 5.96 Å². The fourth-order valence-electron chi connectivity index (χ4n) is 1.38. The molecule has 6 nitrogen and oxygen atoms in total. The Labute approximate surface area is 145 Å². The second-order valence-corrected chi connectivity index (χ2v) is 6.35. The van der Waals surface area contributed by atoms with E-state index in [0.29, 0.717) is 18.3 Å². The van der Waals surface area contributed by atoms with Gasteiger partial charge in [0.2, 0.25) is 0 Å². The van der Waals surface area contributed by atoms with Gasteiger partial charge >= 0.3 is 0 Å². The number of aliphatic imine (C=N–C) groups is 1. The molecule has 0 aromatic carbocycles. The molecule has 0 atom stereocenters. The third-order valence-corrected chi connectivity index (χ3v) is 3.75. The van der Waals surface area contributed by atoms with E-state index < -0.39 is 0 Å². The van der Waals surface area contributed by atoms with E-state index in [9.17, 15) is 0 Å². The summed E-state index contributed by atoms with van der Waals surface area (Å²) < 4.78 is 0. The summed E-state index contributed by atoms with van der Waals surface area (Å²) in [5.74, 6) is 0.984. The van der Waals surface area contributed by atoms with Gasteiger partial charge in [-0.2, -0.15) is 0 Å². The van der Waals surface area contributed by atoms with E-state index in [1.54, 1.807) is 17.5 Å². The molecule has 0 fully saturated rings. The van der Waals surface area contributed by atoms with Crippen LogP contribution in [0.25, 0.3) is 0 Å². The molecule has 0 saturated heterocycles. The van der Waals surface area contributed by atoms with Gasteiger partial charge in [0, 0.05) is 11.6 Å². The Morgan fingerprint density at radius 2 is 2.10 bits per heavy atom. The summed E-state index contributed by atoms with van der Waals surface area (Å²) in [5, 5.41) is 13.1. The van der Waals surface area contributed by atoms with Crippen molar-refractivity contribution in [3.05, 3.63) is 34.4 Å². The summed E-state index contributed by atoms with van der Waals surface area (Å²) in [6, 6.07) is 5.54. The molecule has 0 aliphatic heterocycles. The van der Waals surface area contributed by atoms with Crippen molar-refractivity contribution >= 4 is 47.1 Å². The largest absolute Gasteiger partial charge is 0.370 e. The number of aromatic nitrogens is 3. The first-order valence-electron chi connectivity index (χ1n) is 6.26. The number of halogens is 1. The molecular weight excluding hydrogens is 399 g/mol.